The fraction of sp³-hybridized carbons (Fsp3) is 0.583. The Kier molecular flexibility index (Phi) is 14.6. The summed E-state index contributed by atoms with van der Waals surface area (Å²) in [6, 6.07) is 11.2. The minimum Gasteiger partial charge on any atom is -0.384 e. The van der Waals surface area contributed by atoms with E-state index in [4.69, 9.17) is 9.47 Å². The molecule has 3 aromatic rings. The third-order valence-corrected chi connectivity index (χ3v) is 9.20. The molecule has 3 N–H and O–H groups in total. The van der Waals surface area contributed by atoms with Gasteiger partial charge in [-0.25, -0.2) is 18.4 Å². The van der Waals surface area contributed by atoms with Crippen LogP contribution >= 0.6 is 0 Å². The third kappa shape index (κ3) is 10.4. The van der Waals surface area contributed by atoms with E-state index in [2.05, 4.69) is 20.6 Å². The molecule has 6 atom stereocenters. The van der Waals surface area contributed by atoms with E-state index in [1.807, 2.05) is 38.0 Å². The van der Waals surface area contributed by atoms with Gasteiger partial charge in [0.05, 0.1) is 12.0 Å². The normalized spacial score (nSPS) is 24.4. The summed E-state index contributed by atoms with van der Waals surface area (Å²) < 4.78 is 70.3. The van der Waals surface area contributed by atoms with Gasteiger partial charge in [0.15, 0.2) is 0 Å². The summed E-state index contributed by atoms with van der Waals surface area (Å²) in [4.78, 5) is 48.1. The first-order valence-electron chi connectivity index (χ1n) is 17.8. The van der Waals surface area contributed by atoms with E-state index >= 15 is 0 Å². The van der Waals surface area contributed by atoms with Crippen LogP contribution in [0.1, 0.15) is 55.2 Å². The molecule has 2 saturated heterocycles. The fourth-order valence-corrected chi connectivity index (χ4v) is 6.01. The van der Waals surface area contributed by atoms with E-state index in [-0.39, 0.29) is 12.4 Å². The van der Waals surface area contributed by atoms with Crippen molar-refractivity contribution in [3.05, 3.63) is 87.1 Å². The lowest BCUT2D eigenvalue weighted by Gasteiger charge is -2.21. The van der Waals surface area contributed by atoms with Crippen LogP contribution in [0.25, 0.3) is 0 Å². The molecule has 54 heavy (non-hydrogen) atoms. The lowest BCUT2D eigenvalue weighted by atomic mass is 9.98. The Bertz CT molecular complexity index is 1790. The smallest absolute Gasteiger partial charge is 0.351 e. The van der Waals surface area contributed by atoms with Crippen LogP contribution in [0.3, 0.4) is 0 Å². The number of anilines is 1. The molecule has 0 bridgehead atoms. The second-order valence-electron chi connectivity index (χ2n) is 13.9. The molecule has 0 unspecified atom stereocenters. The van der Waals surface area contributed by atoms with Crippen molar-refractivity contribution in [2.24, 2.45) is 5.92 Å². The summed E-state index contributed by atoms with van der Waals surface area (Å²) in [6.45, 7) is 5.35. The fourth-order valence-electron chi connectivity index (χ4n) is 6.01. The summed E-state index contributed by atoms with van der Waals surface area (Å²) in [5, 5.41) is 15.5. The van der Waals surface area contributed by atoms with Gasteiger partial charge in [-0.05, 0) is 78.3 Å². The van der Waals surface area contributed by atoms with Crippen LogP contribution in [-0.2, 0) is 15.9 Å². The van der Waals surface area contributed by atoms with Crippen LogP contribution < -0.4 is 22.0 Å². The van der Waals surface area contributed by atoms with E-state index in [0.717, 1.165) is 28.6 Å². The van der Waals surface area contributed by atoms with Crippen LogP contribution in [0.15, 0.2) is 64.4 Å². The minimum absolute atomic E-state index is 0.0125. The van der Waals surface area contributed by atoms with Gasteiger partial charge >= 0.3 is 17.3 Å². The van der Waals surface area contributed by atoms with Gasteiger partial charge in [-0.2, -0.15) is 18.7 Å². The number of carbonyl (C=O) groups is 1. The first-order chi connectivity index (χ1) is 25.5. The lowest BCUT2D eigenvalue weighted by molar-refractivity contribution is -0.140. The number of amides is 1. The molecular formula is C36H50F4N8O6. The van der Waals surface area contributed by atoms with Gasteiger partial charge in [-0.15, -0.1) is 0 Å². The molecule has 1 aromatic carbocycles. The molecule has 1 amide bonds. The molecule has 14 nitrogen and oxygen atoms in total. The molecule has 0 aliphatic carbocycles. The SMILES string of the molecule is CC[C@H]1O[C@@H](n2ccc(NC(=O)c3ccccc3)nc2=O)C(F)(F)[C@@H]1C.CN(C)CCCc1ccn([C@@H]2O[C@H](CNCCN(C)C)[C@@H](O)C2(F)F)c(=O)n1. The third-order valence-electron chi connectivity index (χ3n) is 9.20. The standard InChI is InChI=1S/C18H31F2N5O3.C18H19F2N3O3/c1-23(2)9-5-6-13-7-10-25(17(27)22-13)16-18(19,20)15(26)14(28-16)12-21-8-11-24(3)4;1-3-13-11(2)18(19,20)16(26-13)23-10-9-14(22-17(23)25)21-15(24)12-7-5-4-6-8-12/h7,10,14-16,21,26H,5-6,8-9,11-12H2,1-4H3;4-11,13,16H,3H2,1-2H3,(H,21,22,24,25)/t14-,15-,16-;11-,13-,16-/m11/s1. The van der Waals surface area contributed by atoms with Gasteiger partial charge in [-0.3, -0.25) is 13.9 Å². The molecule has 2 fully saturated rings. The van der Waals surface area contributed by atoms with Crippen molar-refractivity contribution < 1.29 is 36.9 Å². The number of aromatic nitrogens is 4. The average Bonchev–Trinajstić information content (AvgIpc) is 3.48. The molecular weight excluding hydrogens is 716 g/mol. The van der Waals surface area contributed by atoms with Crippen molar-refractivity contribution >= 4 is 11.7 Å². The number of nitrogens with zero attached hydrogens (tertiary/aromatic N) is 6. The molecule has 5 rings (SSSR count). The minimum atomic E-state index is -3.59. The van der Waals surface area contributed by atoms with Crippen molar-refractivity contribution in [2.75, 3.05) is 59.7 Å². The molecule has 0 spiro atoms. The number of carbonyl (C=O) groups excluding carboxylic acids is 1. The molecule has 18 heteroatoms. The Morgan fingerprint density at radius 2 is 1.46 bits per heavy atom. The van der Waals surface area contributed by atoms with E-state index in [1.54, 1.807) is 43.3 Å². The number of alkyl halides is 4. The van der Waals surface area contributed by atoms with Crippen LogP contribution in [-0.4, -0.2) is 124 Å². The Labute approximate surface area is 311 Å². The number of nitrogens with one attached hydrogen (secondary N) is 2. The number of rotatable bonds is 14. The Morgan fingerprint density at radius 3 is 2.04 bits per heavy atom. The number of aliphatic hydroxyl groups excluding tert-OH is 1. The van der Waals surface area contributed by atoms with Crippen molar-refractivity contribution in [2.45, 2.75) is 75.7 Å². The highest BCUT2D eigenvalue weighted by atomic mass is 19.3. The maximum Gasteiger partial charge on any atom is 0.351 e. The molecule has 298 valence electrons. The van der Waals surface area contributed by atoms with Crippen LogP contribution in [0.4, 0.5) is 23.4 Å². The lowest BCUT2D eigenvalue weighted by Crippen LogP contribution is -2.43. The highest BCUT2D eigenvalue weighted by molar-refractivity contribution is 6.03. The first kappa shape index (κ1) is 42.7. The van der Waals surface area contributed by atoms with Crippen molar-refractivity contribution in [3.63, 3.8) is 0 Å². The summed E-state index contributed by atoms with van der Waals surface area (Å²) in [7, 11) is 7.69. The van der Waals surface area contributed by atoms with E-state index in [9.17, 15) is 37.1 Å². The number of benzene rings is 1. The van der Waals surface area contributed by atoms with Gasteiger partial charge in [-0.1, -0.05) is 32.0 Å². The van der Waals surface area contributed by atoms with Crippen molar-refractivity contribution in [3.8, 4) is 0 Å². The monoisotopic (exact) mass is 766 g/mol. The molecule has 0 saturated carbocycles. The number of halogens is 4. The number of aryl methyl sites for hydroxylation is 1. The zero-order valence-electron chi connectivity index (χ0n) is 31.3. The van der Waals surface area contributed by atoms with Crippen LogP contribution in [0, 0.1) is 5.92 Å². The number of hydrogen-bond acceptors (Lipinski definition) is 11. The predicted octanol–water partition coefficient (Wildman–Crippen LogP) is 2.86. The van der Waals surface area contributed by atoms with Gasteiger partial charge in [0.1, 0.15) is 18.0 Å². The summed E-state index contributed by atoms with van der Waals surface area (Å²) in [6.07, 6.45) is -3.10. The maximum absolute atomic E-state index is 14.5. The number of aliphatic hydroxyl groups is 1. The Morgan fingerprint density at radius 1 is 0.870 bits per heavy atom. The largest absolute Gasteiger partial charge is 0.384 e. The molecule has 2 aliphatic rings. The molecule has 2 aliphatic heterocycles. The molecule has 4 heterocycles. The highest BCUT2D eigenvalue weighted by Crippen LogP contribution is 2.47. The van der Waals surface area contributed by atoms with E-state index in [0.29, 0.717) is 30.6 Å². The van der Waals surface area contributed by atoms with Gasteiger partial charge < -0.3 is 35.0 Å². The average molecular weight is 767 g/mol. The molecule has 2 aromatic heterocycles. The first-order valence-corrected chi connectivity index (χ1v) is 17.8. The zero-order chi connectivity index (χ0) is 39.8. The predicted molar refractivity (Wildman–Crippen MR) is 193 cm³/mol. The second-order valence-corrected chi connectivity index (χ2v) is 13.9. The van der Waals surface area contributed by atoms with Crippen molar-refractivity contribution in [1.29, 1.82) is 0 Å². The summed E-state index contributed by atoms with van der Waals surface area (Å²) in [5.41, 5.74) is -0.777. The van der Waals surface area contributed by atoms with Crippen LogP contribution in [0.5, 0.6) is 0 Å². The number of ether oxygens (including phenoxy) is 2. The highest BCUT2D eigenvalue weighted by Gasteiger charge is 2.59. The summed E-state index contributed by atoms with van der Waals surface area (Å²) in [5.74, 6) is -8.26. The second kappa shape index (κ2) is 18.5. The Balaban J connectivity index is 0.000000241. The quantitative estimate of drug-likeness (QED) is 0.164. The maximum atomic E-state index is 14.5. The zero-order valence-corrected chi connectivity index (χ0v) is 31.3. The molecule has 0 radical (unpaired) electrons. The van der Waals surface area contributed by atoms with E-state index in [1.165, 1.54) is 25.4 Å². The van der Waals surface area contributed by atoms with Crippen LogP contribution in [0.2, 0.25) is 0 Å². The topological polar surface area (TPSA) is 156 Å². The Hall–Kier alpha value is -4.07. The van der Waals surface area contributed by atoms with Gasteiger partial charge in [0.2, 0.25) is 12.5 Å². The van der Waals surface area contributed by atoms with E-state index < -0.39 is 65.8 Å². The number of likely N-dealkylation sites (N-methyl/N-ethyl adjacent to an activating group) is 1. The van der Waals surface area contributed by atoms with Gasteiger partial charge in [0, 0.05) is 43.3 Å². The van der Waals surface area contributed by atoms with Gasteiger partial charge in [0.25, 0.3) is 11.8 Å². The summed E-state index contributed by atoms with van der Waals surface area (Å²) >= 11 is 0. The van der Waals surface area contributed by atoms with Crippen molar-refractivity contribution in [1.82, 2.24) is 34.2 Å². The number of hydrogen-bond donors (Lipinski definition) is 3.